The molecule has 0 saturated carbocycles. The second-order valence-corrected chi connectivity index (χ2v) is 5.46. The van der Waals surface area contributed by atoms with Crippen molar-refractivity contribution in [2.24, 2.45) is 0 Å². The van der Waals surface area contributed by atoms with Crippen LogP contribution in [-0.2, 0) is 0 Å². The van der Waals surface area contributed by atoms with E-state index >= 15 is 0 Å². The van der Waals surface area contributed by atoms with Crippen LogP contribution in [0.1, 0.15) is 0 Å². The Morgan fingerprint density at radius 2 is 1.55 bits per heavy atom. The minimum atomic E-state index is 0.713. The monoisotopic (exact) mass is 312 g/mol. The highest BCUT2D eigenvalue weighted by atomic mass is 32.2. The lowest BCUT2D eigenvalue weighted by Crippen LogP contribution is -1.94. The van der Waals surface area contributed by atoms with Crippen molar-refractivity contribution in [3.05, 3.63) is 42.5 Å². The summed E-state index contributed by atoms with van der Waals surface area (Å²) in [5.74, 6) is 2.34. The van der Waals surface area contributed by atoms with Crippen LogP contribution in [0.5, 0.6) is 11.5 Å². The van der Waals surface area contributed by atoms with Crippen molar-refractivity contribution >= 4 is 22.7 Å². The van der Waals surface area contributed by atoms with Gasteiger partial charge in [0.1, 0.15) is 16.5 Å². The van der Waals surface area contributed by atoms with E-state index in [1.165, 1.54) is 0 Å². The molecule has 22 heavy (non-hydrogen) atoms. The van der Waals surface area contributed by atoms with Gasteiger partial charge in [0.25, 0.3) is 0 Å². The van der Waals surface area contributed by atoms with Crippen molar-refractivity contribution in [1.82, 2.24) is 9.97 Å². The molecule has 0 unspecified atom stereocenters. The first kappa shape index (κ1) is 14.7. The molecule has 4 nitrogen and oxygen atoms in total. The van der Waals surface area contributed by atoms with Crippen LogP contribution in [0.25, 0.3) is 22.3 Å². The van der Waals surface area contributed by atoms with Crippen molar-refractivity contribution in [2.75, 3.05) is 20.5 Å². The maximum absolute atomic E-state index is 5.28. The molecule has 0 bridgehead atoms. The molecule has 0 amide bonds. The summed E-state index contributed by atoms with van der Waals surface area (Å²) in [6.45, 7) is 0. The van der Waals surface area contributed by atoms with E-state index in [0.29, 0.717) is 5.82 Å². The van der Waals surface area contributed by atoms with Gasteiger partial charge in [-0.1, -0.05) is 0 Å². The van der Waals surface area contributed by atoms with Crippen LogP contribution in [0.15, 0.2) is 47.5 Å². The molecule has 0 fully saturated rings. The van der Waals surface area contributed by atoms with Crippen molar-refractivity contribution in [2.45, 2.75) is 5.03 Å². The first-order chi connectivity index (χ1) is 10.7. The summed E-state index contributed by atoms with van der Waals surface area (Å²) in [4.78, 5) is 9.34. The molecule has 0 N–H and O–H groups in total. The van der Waals surface area contributed by atoms with Gasteiger partial charge in [-0.15, -0.1) is 11.8 Å². The third-order valence-electron chi connectivity index (χ3n) is 3.41. The van der Waals surface area contributed by atoms with E-state index < -0.39 is 0 Å². The van der Waals surface area contributed by atoms with Gasteiger partial charge < -0.3 is 9.47 Å². The maximum atomic E-state index is 5.28. The molecular formula is C17H16N2O2S. The number of hydrogen-bond acceptors (Lipinski definition) is 5. The minimum Gasteiger partial charge on any atom is -0.497 e. The van der Waals surface area contributed by atoms with Crippen LogP contribution in [0, 0.1) is 0 Å². The predicted octanol–water partition coefficient (Wildman–Crippen LogP) is 4.04. The Morgan fingerprint density at radius 1 is 0.864 bits per heavy atom. The zero-order valence-electron chi connectivity index (χ0n) is 12.7. The number of nitrogens with zero attached hydrogens (tertiary/aromatic N) is 2. The summed E-state index contributed by atoms with van der Waals surface area (Å²) in [6.07, 6.45) is 2.01. The van der Waals surface area contributed by atoms with E-state index in [0.717, 1.165) is 33.0 Å². The summed E-state index contributed by atoms with van der Waals surface area (Å²) < 4.78 is 10.5. The number of hydrogen-bond donors (Lipinski definition) is 0. The van der Waals surface area contributed by atoms with Crippen molar-refractivity contribution < 1.29 is 9.47 Å². The molecule has 5 heteroatoms. The van der Waals surface area contributed by atoms with E-state index in [9.17, 15) is 0 Å². The molecule has 0 saturated heterocycles. The summed E-state index contributed by atoms with van der Waals surface area (Å²) in [5, 5.41) is 1.94. The number of methoxy groups -OCH3 is 2. The summed E-state index contributed by atoms with van der Waals surface area (Å²) >= 11 is 1.60. The molecule has 0 aliphatic heterocycles. The van der Waals surface area contributed by atoms with Gasteiger partial charge >= 0.3 is 0 Å². The van der Waals surface area contributed by atoms with Crippen molar-refractivity contribution in [1.29, 1.82) is 0 Å². The number of benzene rings is 2. The SMILES string of the molecule is COc1ccc(-c2nc(SC)c3cc(OC)ccc3n2)cc1. The quantitative estimate of drug-likeness (QED) is 0.537. The van der Waals surface area contributed by atoms with Crippen LogP contribution in [0.3, 0.4) is 0 Å². The number of rotatable bonds is 4. The highest BCUT2D eigenvalue weighted by Crippen LogP contribution is 2.30. The van der Waals surface area contributed by atoms with Crippen molar-refractivity contribution in [3.8, 4) is 22.9 Å². The van der Waals surface area contributed by atoms with E-state index in [2.05, 4.69) is 9.97 Å². The molecule has 112 valence electrons. The van der Waals surface area contributed by atoms with Crippen LogP contribution in [0.2, 0.25) is 0 Å². The average molecular weight is 312 g/mol. The highest BCUT2D eigenvalue weighted by molar-refractivity contribution is 7.98. The minimum absolute atomic E-state index is 0.713. The third kappa shape index (κ3) is 2.72. The van der Waals surface area contributed by atoms with Gasteiger partial charge in [-0.05, 0) is 48.7 Å². The topological polar surface area (TPSA) is 44.2 Å². The van der Waals surface area contributed by atoms with Gasteiger partial charge in [-0.25, -0.2) is 9.97 Å². The fourth-order valence-electron chi connectivity index (χ4n) is 2.23. The molecule has 2 aromatic carbocycles. The van der Waals surface area contributed by atoms with E-state index in [4.69, 9.17) is 9.47 Å². The standard InChI is InChI=1S/C17H16N2O2S/c1-20-12-6-4-11(5-7-12)16-18-15-9-8-13(21-2)10-14(15)17(19-16)22-3/h4-10H,1-3H3. The van der Waals surface area contributed by atoms with Crippen LogP contribution in [-0.4, -0.2) is 30.4 Å². The molecule has 0 radical (unpaired) electrons. The largest absolute Gasteiger partial charge is 0.497 e. The van der Waals surface area contributed by atoms with E-state index in [1.54, 1.807) is 26.0 Å². The van der Waals surface area contributed by atoms with Crippen LogP contribution >= 0.6 is 11.8 Å². The molecule has 3 rings (SSSR count). The highest BCUT2D eigenvalue weighted by Gasteiger charge is 2.10. The van der Waals surface area contributed by atoms with Gasteiger partial charge in [-0.2, -0.15) is 0 Å². The molecule has 3 aromatic rings. The first-order valence-electron chi connectivity index (χ1n) is 6.79. The summed E-state index contributed by atoms with van der Waals surface area (Å²) in [7, 11) is 3.31. The Balaban J connectivity index is 2.14. The summed E-state index contributed by atoms with van der Waals surface area (Å²) in [5.41, 5.74) is 1.87. The molecule has 0 spiro atoms. The predicted molar refractivity (Wildman–Crippen MR) is 89.9 cm³/mol. The third-order valence-corrected chi connectivity index (χ3v) is 4.11. The lowest BCUT2D eigenvalue weighted by atomic mass is 10.2. The van der Waals surface area contributed by atoms with Gasteiger partial charge in [0.2, 0.25) is 0 Å². The second kappa shape index (κ2) is 6.23. The van der Waals surface area contributed by atoms with Gasteiger partial charge in [0.15, 0.2) is 5.82 Å². The molecular weight excluding hydrogens is 296 g/mol. The van der Waals surface area contributed by atoms with Gasteiger partial charge in [0.05, 0.1) is 19.7 Å². The average Bonchev–Trinajstić information content (AvgIpc) is 2.60. The zero-order chi connectivity index (χ0) is 15.5. The van der Waals surface area contributed by atoms with E-state index in [-0.39, 0.29) is 0 Å². The fourth-order valence-corrected chi connectivity index (χ4v) is 2.79. The van der Waals surface area contributed by atoms with E-state index in [1.807, 2.05) is 48.7 Å². The Hall–Kier alpha value is -2.27. The molecule has 1 aromatic heterocycles. The molecule has 1 heterocycles. The number of fused-ring (bicyclic) bond motifs is 1. The maximum Gasteiger partial charge on any atom is 0.161 e. The fraction of sp³-hybridized carbons (Fsp3) is 0.176. The number of thioether (sulfide) groups is 1. The smallest absolute Gasteiger partial charge is 0.161 e. The lowest BCUT2D eigenvalue weighted by molar-refractivity contribution is 0.415. The Labute approximate surface area is 133 Å². The Bertz CT molecular complexity index is 804. The molecule has 0 aliphatic rings. The summed E-state index contributed by atoms with van der Waals surface area (Å²) in [6, 6.07) is 13.6. The van der Waals surface area contributed by atoms with Crippen LogP contribution < -0.4 is 9.47 Å². The van der Waals surface area contributed by atoms with Crippen LogP contribution in [0.4, 0.5) is 0 Å². The number of aromatic nitrogens is 2. The number of ether oxygens (including phenoxy) is 2. The second-order valence-electron chi connectivity index (χ2n) is 4.67. The molecule has 0 atom stereocenters. The Kier molecular flexibility index (Phi) is 4.15. The zero-order valence-corrected chi connectivity index (χ0v) is 13.5. The normalized spacial score (nSPS) is 10.7. The molecule has 0 aliphatic carbocycles. The van der Waals surface area contributed by atoms with Gasteiger partial charge in [0, 0.05) is 10.9 Å². The Morgan fingerprint density at radius 3 is 2.18 bits per heavy atom. The van der Waals surface area contributed by atoms with Crippen molar-refractivity contribution in [3.63, 3.8) is 0 Å². The van der Waals surface area contributed by atoms with Gasteiger partial charge in [-0.3, -0.25) is 0 Å². The first-order valence-corrected chi connectivity index (χ1v) is 8.02. The lowest BCUT2D eigenvalue weighted by Gasteiger charge is -2.09.